The Kier molecular flexibility index (Phi) is 10.1. The minimum absolute atomic E-state index is 0.137. The van der Waals surface area contributed by atoms with E-state index >= 15 is 0 Å². The highest BCUT2D eigenvalue weighted by Crippen LogP contribution is 2.59. The zero-order valence-electron chi connectivity index (χ0n) is 25.0. The van der Waals surface area contributed by atoms with Crippen LogP contribution in [-0.2, 0) is 6.54 Å². The topological polar surface area (TPSA) is 48.5 Å². The van der Waals surface area contributed by atoms with Crippen LogP contribution in [0.4, 0.5) is 5.13 Å². The highest BCUT2D eigenvalue weighted by Gasteiger charge is 2.33. The van der Waals surface area contributed by atoms with Crippen molar-refractivity contribution in [3.8, 4) is 22.4 Å². The van der Waals surface area contributed by atoms with Gasteiger partial charge in [0.05, 0.1) is 5.69 Å². The Balaban J connectivity index is 1.42. The summed E-state index contributed by atoms with van der Waals surface area (Å²) >= 11 is 1.44. The number of nitrogens with zero attached hydrogens (tertiary/aromatic N) is 3. The molecule has 1 aliphatic heterocycles. The number of benzene rings is 2. The fourth-order valence-corrected chi connectivity index (χ4v) is 10.5. The molecule has 0 aliphatic carbocycles. The average Bonchev–Trinajstić information content (AvgIpc) is 3.39. The van der Waals surface area contributed by atoms with Gasteiger partial charge in [0, 0.05) is 54.8 Å². The van der Waals surface area contributed by atoms with E-state index in [-0.39, 0.29) is 5.91 Å². The number of hydrogen-bond donors (Lipinski definition) is 1. The van der Waals surface area contributed by atoms with Crippen LogP contribution in [0.15, 0.2) is 53.9 Å². The number of nitrogens with one attached hydrogen (secondary N) is 1. The highest BCUT2D eigenvalue weighted by molar-refractivity contribution is 8.38. The van der Waals surface area contributed by atoms with E-state index < -0.39 is 10.0 Å². The van der Waals surface area contributed by atoms with Crippen LogP contribution in [0.25, 0.3) is 11.3 Å². The first kappa shape index (κ1) is 30.3. The van der Waals surface area contributed by atoms with Crippen LogP contribution in [0.2, 0.25) is 0 Å². The number of carbonyl (C=O) groups excluding carboxylic acids is 1. The zero-order valence-corrected chi connectivity index (χ0v) is 26.7. The Labute approximate surface area is 246 Å². The van der Waals surface area contributed by atoms with Gasteiger partial charge in [0.25, 0.3) is 5.91 Å². The SMILES string of the molecule is CC(C)S(C#Cc1cccc(-c2csc(NC(=O)c3ccc(CN4CCN(C)CC4)cc3)n2)c1)(C(C)C)C(C)C. The van der Waals surface area contributed by atoms with Crippen molar-refractivity contribution in [2.75, 3.05) is 38.5 Å². The van der Waals surface area contributed by atoms with E-state index in [1.54, 1.807) is 0 Å². The Morgan fingerprint density at radius 1 is 0.975 bits per heavy atom. The molecular formula is C33H44N4OS2. The van der Waals surface area contributed by atoms with Crippen molar-refractivity contribution in [2.24, 2.45) is 0 Å². The molecule has 214 valence electrons. The number of aromatic nitrogens is 1. The first-order chi connectivity index (χ1) is 19.1. The zero-order chi connectivity index (χ0) is 28.9. The van der Waals surface area contributed by atoms with Crippen molar-refractivity contribution >= 4 is 32.4 Å². The molecule has 3 aromatic rings. The third-order valence-electron chi connectivity index (χ3n) is 7.81. The second kappa shape index (κ2) is 13.4. The van der Waals surface area contributed by atoms with E-state index in [1.165, 1.54) is 16.9 Å². The number of piperazine rings is 1. The number of rotatable bonds is 8. The van der Waals surface area contributed by atoms with Gasteiger partial charge in [-0.05, 0) is 57.9 Å². The quantitative estimate of drug-likeness (QED) is 0.289. The number of carbonyl (C=O) groups is 1. The third-order valence-corrected chi connectivity index (χ3v) is 13.7. The summed E-state index contributed by atoms with van der Waals surface area (Å²) < 4.78 is 0. The van der Waals surface area contributed by atoms with Crippen LogP contribution in [0, 0.1) is 11.2 Å². The van der Waals surface area contributed by atoms with Crippen molar-refractivity contribution in [3.63, 3.8) is 0 Å². The molecule has 1 N–H and O–H groups in total. The maximum atomic E-state index is 12.9. The lowest BCUT2D eigenvalue weighted by Crippen LogP contribution is -2.43. The molecular weight excluding hydrogens is 533 g/mol. The van der Waals surface area contributed by atoms with Gasteiger partial charge in [-0.1, -0.05) is 71.7 Å². The summed E-state index contributed by atoms with van der Waals surface area (Å²) in [5.41, 5.74) is 4.74. The van der Waals surface area contributed by atoms with Gasteiger partial charge in [0.15, 0.2) is 5.13 Å². The number of thiazole rings is 1. The van der Waals surface area contributed by atoms with E-state index in [1.807, 2.05) is 23.6 Å². The van der Waals surface area contributed by atoms with Crippen molar-refractivity contribution in [1.29, 1.82) is 0 Å². The molecule has 0 spiro atoms. The molecule has 40 heavy (non-hydrogen) atoms. The van der Waals surface area contributed by atoms with Crippen molar-refractivity contribution < 1.29 is 4.79 Å². The maximum absolute atomic E-state index is 12.9. The summed E-state index contributed by atoms with van der Waals surface area (Å²) in [4.78, 5) is 22.5. The number of likely N-dealkylation sites (N-methyl/N-ethyl adjacent to an activating group) is 1. The second-order valence-electron chi connectivity index (χ2n) is 11.5. The lowest BCUT2D eigenvalue weighted by Gasteiger charge is -2.46. The summed E-state index contributed by atoms with van der Waals surface area (Å²) in [6.07, 6.45) is 0. The van der Waals surface area contributed by atoms with Gasteiger partial charge < -0.3 is 4.90 Å². The summed E-state index contributed by atoms with van der Waals surface area (Å²) in [5, 5.41) is 11.0. The van der Waals surface area contributed by atoms with E-state index in [9.17, 15) is 4.79 Å². The normalized spacial score (nSPS) is 15.3. The van der Waals surface area contributed by atoms with Gasteiger partial charge >= 0.3 is 0 Å². The molecule has 2 heterocycles. The number of amides is 1. The predicted molar refractivity (Wildman–Crippen MR) is 175 cm³/mol. The van der Waals surface area contributed by atoms with Gasteiger partial charge in [-0.25, -0.2) is 4.98 Å². The molecule has 0 radical (unpaired) electrons. The lowest BCUT2D eigenvalue weighted by atomic mass is 10.1. The van der Waals surface area contributed by atoms with Crippen LogP contribution >= 0.6 is 21.4 Å². The van der Waals surface area contributed by atoms with Gasteiger partial charge in [-0.15, -0.1) is 11.3 Å². The lowest BCUT2D eigenvalue weighted by molar-refractivity contribution is 0.102. The second-order valence-corrected chi connectivity index (χ2v) is 16.9. The first-order valence-corrected chi connectivity index (χ1v) is 17.0. The Morgan fingerprint density at radius 3 is 2.25 bits per heavy atom. The van der Waals surface area contributed by atoms with E-state index in [4.69, 9.17) is 4.98 Å². The average molecular weight is 577 g/mol. The molecule has 5 nitrogen and oxygen atoms in total. The molecule has 1 aromatic heterocycles. The smallest absolute Gasteiger partial charge is 0.257 e. The third kappa shape index (κ3) is 7.16. The van der Waals surface area contributed by atoms with Crippen molar-refractivity contribution in [3.05, 3.63) is 70.6 Å². The van der Waals surface area contributed by atoms with Crippen LogP contribution in [-0.4, -0.2) is 69.7 Å². The largest absolute Gasteiger partial charge is 0.304 e. The highest BCUT2D eigenvalue weighted by atomic mass is 32.3. The van der Waals surface area contributed by atoms with E-state index in [0.29, 0.717) is 26.4 Å². The van der Waals surface area contributed by atoms with Gasteiger partial charge in [-0.2, -0.15) is 10.0 Å². The number of hydrogen-bond acceptors (Lipinski definition) is 5. The van der Waals surface area contributed by atoms with Crippen molar-refractivity contribution in [1.82, 2.24) is 14.8 Å². The maximum Gasteiger partial charge on any atom is 0.257 e. The standard InChI is InChI=1S/C33H44N4OS2/c1-24(2)40(25(3)4,26(5)6)20-15-27-9-8-10-30(21-27)31-23-39-33(34-31)35-32(38)29-13-11-28(12-14-29)22-37-18-16-36(7)17-19-37/h8-14,21,23-26H,16-19,22H2,1-7H3,(H,34,35,38). The molecule has 7 heteroatoms. The molecule has 2 aromatic carbocycles. The van der Waals surface area contributed by atoms with E-state index in [2.05, 4.69) is 105 Å². The minimum atomic E-state index is -1.10. The Morgan fingerprint density at radius 2 is 1.62 bits per heavy atom. The number of anilines is 1. The van der Waals surface area contributed by atoms with Gasteiger partial charge in [0.1, 0.15) is 0 Å². The molecule has 0 bridgehead atoms. The molecule has 1 fully saturated rings. The summed E-state index contributed by atoms with van der Waals surface area (Å²) in [6.45, 7) is 19.2. The molecule has 0 saturated carbocycles. The van der Waals surface area contributed by atoms with Gasteiger partial charge in [0.2, 0.25) is 0 Å². The minimum Gasteiger partial charge on any atom is -0.304 e. The summed E-state index contributed by atoms with van der Waals surface area (Å²) in [7, 11) is 1.07. The summed E-state index contributed by atoms with van der Waals surface area (Å²) in [6, 6.07) is 16.2. The monoisotopic (exact) mass is 576 g/mol. The molecule has 1 amide bonds. The predicted octanol–water partition coefficient (Wildman–Crippen LogP) is 7.15. The molecule has 1 saturated heterocycles. The van der Waals surface area contributed by atoms with Crippen LogP contribution in [0.1, 0.15) is 63.0 Å². The Hall–Kier alpha value is -2.63. The summed E-state index contributed by atoms with van der Waals surface area (Å²) in [5.74, 6) is 3.38. The van der Waals surface area contributed by atoms with Crippen LogP contribution in [0.3, 0.4) is 0 Å². The van der Waals surface area contributed by atoms with Gasteiger partial charge in [-0.3, -0.25) is 15.0 Å². The molecule has 0 atom stereocenters. The molecule has 1 aliphatic rings. The Bertz CT molecular complexity index is 1320. The van der Waals surface area contributed by atoms with E-state index in [0.717, 1.165) is 49.5 Å². The van der Waals surface area contributed by atoms with Crippen molar-refractivity contribution in [2.45, 2.75) is 63.8 Å². The van der Waals surface area contributed by atoms with Crippen LogP contribution in [0.5, 0.6) is 0 Å². The molecule has 0 unspecified atom stereocenters. The fraction of sp³-hybridized carbons (Fsp3) is 0.455. The first-order valence-electron chi connectivity index (χ1n) is 14.3. The van der Waals surface area contributed by atoms with Crippen LogP contribution < -0.4 is 5.32 Å². The fourth-order valence-electron chi connectivity index (χ4n) is 5.55. The molecule has 4 rings (SSSR count).